The second-order valence-corrected chi connectivity index (χ2v) is 6.02. The maximum Gasteiger partial charge on any atom is 0.306 e. The fourth-order valence-corrected chi connectivity index (χ4v) is 2.96. The average molecular weight is 342 g/mol. The van der Waals surface area contributed by atoms with Crippen LogP contribution in [0.4, 0.5) is 5.69 Å². The quantitative estimate of drug-likeness (QED) is 0.852. The Bertz CT molecular complexity index is 470. The molecule has 0 aromatic heterocycles. The van der Waals surface area contributed by atoms with Gasteiger partial charge in [-0.15, -0.1) is 0 Å². The molecule has 2 N–H and O–H groups in total. The van der Waals surface area contributed by atoms with E-state index in [9.17, 15) is 4.79 Å². The Morgan fingerprint density at radius 1 is 1.40 bits per heavy atom. The molecule has 1 aliphatic carbocycles. The Morgan fingerprint density at radius 2 is 2.10 bits per heavy atom. The molecule has 5 heteroatoms. The van der Waals surface area contributed by atoms with E-state index in [-0.39, 0.29) is 5.92 Å². The second kappa shape index (κ2) is 6.97. The Hall–Kier alpha value is -1.23. The number of rotatable bonds is 5. The van der Waals surface area contributed by atoms with Gasteiger partial charge in [-0.3, -0.25) is 4.79 Å². The molecule has 0 unspecified atom stereocenters. The summed E-state index contributed by atoms with van der Waals surface area (Å²) in [4.78, 5) is 11.0. The first-order valence-corrected chi connectivity index (χ1v) is 7.81. The zero-order valence-corrected chi connectivity index (χ0v) is 13.1. The van der Waals surface area contributed by atoms with Gasteiger partial charge in [-0.05, 0) is 50.8 Å². The lowest BCUT2D eigenvalue weighted by molar-refractivity contribution is -0.142. The highest BCUT2D eigenvalue weighted by molar-refractivity contribution is 9.10. The smallest absolute Gasteiger partial charge is 0.306 e. The van der Waals surface area contributed by atoms with E-state index < -0.39 is 5.97 Å². The molecule has 0 amide bonds. The lowest BCUT2D eigenvalue weighted by Crippen LogP contribution is -2.29. The molecule has 1 fully saturated rings. The molecular weight excluding hydrogens is 322 g/mol. The first-order chi connectivity index (χ1) is 9.60. The highest BCUT2D eigenvalue weighted by atomic mass is 79.9. The molecule has 20 heavy (non-hydrogen) atoms. The number of carboxylic acid groups (broad SMARTS) is 1. The minimum Gasteiger partial charge on any atom is -0.492 e. The van der Waals surface area contributed by atoms with Crippen LogP contribution in [0.1, 0.15) is 32.6 Å². The summed E-state index contributed by atoms with van der Waals surface area (Å²) < 4.78 is 6.62. The Balaban J connectivity index is 2.00. The van der Waals surface area contributed by atoms with E-state index in [1.54, 1.807) is 0 Å². The van der Waals surface area contributed by atoms with Crippen LogP contribution in [-0.4, -0.2) is 23.7 Å². The summed E-state index contributed by atoms with van der Waals surface area (Å²) in [7, 11) is 0. The van der Waals surface area contributed by atoms with E-state index in [1.807, 2.05) is 25.1 Å². The summed E-state index contributed by atoms with van der Waals surface area (Å²) in [6.07, 6.45) is 3.25. The first-order valence-electron chi connectivity index (χ1n) is 7.01. The molecule has 1 saturated carbocycles. The third-order valence-corrected chi connectivity index (χ3v) is 4.17. The van der Waals surface area contributed by atoms with Crippen LogP contribution in [0.25, 0.3) is 0 Å². The van der Waals surface area contributed by atoms with Crippen molar-refractivity contribution in [1.82, 2.24) is 0 Å². The Kier molecular flexibility index (Phi) is 5.29. The van der Waals surface area contributed by atoms with Crippen molar-refractivity contribution in [3.63, 3.8) is 0 Å². The fraction of sp³-hybridized carbons (Fsp3) is 0.533. The maximum absolute atomic E-state index is 11.0. The van der Waals surface area contributed by atoms with Crippen LogP contribution >= 0.6 is 15.9 Å². The van der Waals surface area contributed by atoms with Gasteiger partial charge in [-0.25, -0.2) is 0 Å². The molecule has 1 aliphatic rings. The van der Waals surface area contributed by atoms with Crippen LogP contribution in [0.2, 0.25) is 0 Å². The lowest BCUT2D eigenvalue weighted by Gasteiger charge is -2.28. The number of hydrogen-bond acceptors (Lipinski definition) is 3. The van der Waals surface area contributed by atoms with E-state index in [1.165, 1.54) is 0 Å². The normalized spacial score (nSPS) is 22.3. The largest absolute Gasteiger partial charge is 0.492 e. The van der Waals surface area contributed by atoms with E-state index >= 15 is 0 Å². The second-order valence-electron chi connectivity index (χ2n) is 5.10. The Labute approximate surface area is 127 Å². The van der Waals surface area contributed by atoms with Gasteiger partial charge in [0.2, 0.25) is 0 Å². The van der Waals surface area contributed by atoms with Crippen LogP contribution in [0.5, 0.6) is 5.75 Å². The van der Waals surface area contributed by atoms with Crippen LogP contribution in [0.15, 0.2) is 22.7 Å². The molecule has 1 aromatic rings. The third kappa shape index (κ3) is 3.88. The molecule has 4 nitrogen and oxygen atoms in total. The highest BCUT2D eigenvalue weighted by Crippen LogP contribution is 2.32. The van der Waals surface area contributed by atoms with Crippen molar-refractivity contribution in [2.24, 2.45) is 5.92 Å². The van der Waals surface area contributed by atoms with Crippen molar-refractivity contribution in [1.29, 1.82) is 0 Å². The number of halogens is 1. The standard InChI is InChI=1S/C15H20BrNO3/c1-2-20-14-8-5-11(16)9-13(14)17-12-6-3-10(4-7-12)15(18)19/h5,8-10,12,17H,2-4,6-7H2,1H3,(H,18,19). The molecule has 110 valence electrons. The van der Waals surface area contributed by atoms with E-state index in [4.69, 9.17) is 9.84 Å². The molecule has 2 rings (SSSR count). The van der Waals surface area contributed by atoms with E-state index in [2.05, 4.69) is 21.2 Å². The molecular formula is C15H20BrNO3. The van der Waals surface area contributed by atoms with Crippen molar-refractivity contribution >= 4 is 27.6 Å². The predicted octanol–water partition coefficient (Wildman–Crippen LogP) is 3.90. The SMILES string of the molecule is CCOc1ccc(Br)cc1NC1CCC(C(=O)O)CC1. The van der Waals surface area contributed by atoms with Crippen molar-refractivity contribution in [3.8, 4) is 5.75 Å². The van der Waals surface area contributed by atoms with E-state index in [0.29, 0.717) is 12.6 Å². The van der Waals surface area contributed by atoms with Gasteiger partial charge in [0.05, 0.1) is 18.2 Å². The summed E-state index contributed by atoms with van der Waals surface area (Å²) in [6, 6.07) is 6.23. The number of aliphatic carboxylic acids is 1. The number of anilines is 1. The minimum atomic E-state index is -0.666. The summed E-state index contributed by atoms with van der Waals surface area (Å²) in [5.74, 6) is -0.00103. The number of nitrogens with one attached hydrogen (secondary N) is 1. The number of carbonyl (C=O) groups is 1. The summed E-state index contributed by atoms with van der Waals surface area (Å²) in [5, 5.41) is 12.5. The number of benzene rings is 1. The molecule has 0 atom stereocenters. The predicted molar refractivity (Wildman–Crippen MR) is 82.3 cm³/mol. The lowest BCUT2D eigenvalue weighted by atomic mass is 9.86. The van der Waals surface area contributed by atoms with Crippen LogP contribution < -0.4 is 10.1 Å². The molecule has 0 heterocycles. The van der Waals surface area contributed by atoms with Crippen molar-refractivity contribution in [2.45, 2.75) is 38.6 Å². The van der Waals surface area contributed by atoms with Gasteiger partial charge in [0.1, 0.15) is 5.75 Å². The molecule has 1 aromatic carbocycles. The van der Waals surface area contributed by atoms with Crippen LogP contribution in [-0.2, 0) is 4.79 Å². The zero-order valence-electron chi connectivity index (χ0n) is 11.6. The van der Waals surface area contributed by atoms with Crippen molar-refractivity contribution < 1.29 is 14.6 Å². The Morgan fingerprint density at radius 3 is 2.70 bits per heavy atom. The van der Waals surface area contributed by atoms with Gasteiger partial charge in [0.25, 0.3) is 0 Å². The van der Waals surface area contributed by atoms with Gasteiger partial charge in [-0.1, -0.05) is 15.9 Å². The molecule has 0 bridgehead atoms. The van der Waals surface area contributed by atoms with Crippen molar-refractivity contribution in [2.75, 3.05) is 11.9 Å². The molecule has 0 saturated heterocycles. The summed E-state index contributed by atoms with van der Waals surface area (Å²) >= 11 is 3.47. The third-order valence-electron chi connectivity index (χ3n) is 3.68. The maximum atomic E-state index is 11.0. The summed E-state index contributed by atoms with van der Waals surface area (Å²) in [6.45, 7) is 2.59. The van der Waals surface area contributed by atoms with Crippen molar-refractivity contribution in [3.05, 3.63) is 22.7 Å². The molecule has 0 radical (unpaired) electrons. The number of ether oxygens (including phenoxy) is 1. The summed E-state index contributed by atoms with van der Waals surface area (Å²) in [5.41, 5.74) is 0.972. The number of carboxylic acids is 1. The molecule has 0 aliphatic heterocycles. The minimum absolute atomic E-state index is 0.179. The van der Waals surface area contributed by atoms with Gasteiger partial charge < -0.3 is 15.2 Å². The average Bonchev–Trinajstić information content (AvgIpc) is 2.42. The monoisotopic (exact) mass is 341 g/mol. The fourth-order valence-electron chi connectivity index (χ4n) is 2.60. The van der Waals surface area contributed by atoms with E-state index in [0.717, 1.165) is 41.6 Å². The zero-order chi connectivity index (χ0) is 14.5. The van der Waals surface area contributed by atoms with Crippen LogP contribution in [0, 0.1) is 5.92 Å². The topological polar surface area (TPSA) is 58.6 Å². The molecule has 0 spiro atoms. The number of hydrogen-bond donors (Lipinski definition) is 2. The van der Waals surface area contributed by atoms with Gasteiger partial charge in [0, 0.05) is 10.5 Å². The first kappa shape index (κ1) is 15.2. The van der Waals surface area contributed by atoms with Gasteiger partial charge >= 0.3 is 5.97 Å². The highest BCUT2D eigenvalue weighted by Gasteiger charge is 2.26. The van der Waals surface area contributed by atoms with Gasteiger partial charge in [-0.2, -0.15) is 0 Å². The van der Waals surface area contributed by atoms with Gasteiger partial charge in [0.15, 0.2) is 0 Å². The van der Waals surface area contributed by atoms with Crippen LogP contribution in [0.3, 0.4) is 0 Å².